The molecule has 1 heterocycles. The lowest BCUT2D eigenvalue weighted by Gasteiger charge is -2.32. The number of nitrogens with zero attached hydrogens (tertiary/aromatic N) is 3. The van der Waals surface area contributed by atoms with E-state index >= 15 is 0 Å². The van der Waals surface area contributed by atoms with Gasteiger partial charge in [0.05, 0.1) is 25.5 Å². The standard InChI is InChI=1S/C26H30ClN3O4/c1-33-15-14-29(26(32)20-4-3-5-20)17-25(31)30-24(19-6-10-21(27)11-7-19)16-23(28-30)18-8-12-22(34-2)13-9-18/h6-13,20,24H,3-5,14-17H2,1-2H3. The minimum Gasteiger partial charge on any atom is -0.497 e. The molecule has 0 aromatic heterocycles. The van der Waals surface area contributed by atoms with Crippen molar-refractivity contribution in [3.63, 3.8) is 0 Å². The fourth-order valence-electron chi connectivity index (χ4n) is 4.26. The third kappa shape index (κ3) is 5.42. The topological polar surface area (TPSA) is 71.4 Å². The maximum absolute atomic E-state index is 13.5. The number of hydrogen-bond acceptors (Lipinski definition) is 5. The van der Waals surface area contributed by atoms with E-state index in [2.05, 4.69) is 0 Å². The molecule has 1 saturated carbocycles. The fraction of sp³-hybridized carbons (Fsp3) is 0.423. The Morgan fingerprint density at radius 2 is 1.79 bits per heavy atom. The molecule has 8 heteroatoms. The summed E-state index contributed by atoms with van der Waals surface area (Å²) in [6.45, 7) is 0.737. The molecule has 1 aliphatic heterocycles. The molecule has 4 rings (SSSR count). The van der Waals surface area contributed by atoms with Crippen molar-refractivity contribution in [2.45, 2.75) is 31.7 Å². The number of hydrazone groups is 1. The van der Waals surface area contributed by atoms with Gasteiger partial charge in [-0.05, 0) is 60.4 Å². The molecule has 2 amide bonds. The second-order valence-electron chi connectivity index (χ2n) is 8.67. The Balaban J connectivity index is 1.59. The molecule has 0 bridgehead atoms. The van der Waals surface area contributed by atoms with Crippen LogP contribution in [-0.4, -0.2) is 61.4 Å². The molecule has 1 aliphatic carbocycles. The van der Waals surface area contributed by atoms with E-state index in [0.717, 1.165) is 41.9 Å². The summed E-state index contributed by atoms with van der Waals surface area (Å²) in [6.07, 6.45) is 3.39. The number of amides is 2. The number of hydrogen-bond donors (Lipinski definition) is 0. The Hall–Kier alpha value is -2.90. The van der Waals surface area contributed by atoms with Crippen molar-refractivity contribution in [2.24, 2.45) is 11.0 Å². The summed E-state index contributed by atoms with van der Waals surface area (Å²) in [5.41, 5.74) is 2.68. The highest BCUT2D eigenvalue weighted by Crippen LogP contribution is 2.34. The van der Waals surface area contributed by atoms with Gasteiger partial charge in [0.2, 0.25) is 5.91 Å². The quantitative estimate of drug-likeness (QED) is 0.533. The summed E-state index contributed by atoms with van der Waals surface area (Å²) >= 11 is 6.09. The van der Waals surface area contributed by atoms with Gasteiger partial charge in [0.15, 0.2) is 0 Å². The van der Waals surface area contributed by atoms with E-state index in [1.165, 1.54) is 5.01 Å². The molecule has 34 heavy (non-hydrogen) atoms. The second-order valence-corrected chi connectivity index (χ2v) is 9.10. The van der Waals surface area contributed by atoms with Crippen LogP contribution in [0.5, 0.6) is 5.75 Å². The third-order valence-corrected chi connectivity index (χ3v) is 6.75. The largest absolute Gasteiger partial charge is 0.497 e. The maximum Gasteiger partial charge on any atom is 0.262 e. The molecule has 0 radical (unpaired) electrons. The lowest BCUT2D eigenvalue weighted by Crippen LogP contribution is -2.46. The number of carbonyl (C=O) groups excluding carboxylic acids is 2. The SMILES string of the molecule is COCCN(CC(=O)N1N=C(c2ccc(OC)cc2)CC1c1ccc(Cl)cc1)C(=O)C1CCC1. The number of halogens is 1. The number of benzene rings is 2. The number of ether oxygens (including phenoxy) is 2. The summed E-state index contributed by atoms with van der Waals surface area (Å²) in [6, 6.07) is 14.8. The van der Waals surface area contributed by atoms with Crippen LogP contribution in [0.1, 0.15) is 42.9 Å². The molecule has 0 spiro atoms. The first kappa shape index (κ1) is 24.2. The normalized spacial score (nSPS) is 17.8. The van der Waals surface area contributed by atoms with Crippen LogP contribution in [0.4, 0.5) is 0 Å². The molecular weight excluding hydrogens is 454 g/mol. The highest BCUT2D eigenvalue weighted by atomic mass is 35.5. The predicted octanol–water partition coefficient (Wildman–Crippen LogP) is 4.30. The van der Waals surface area contributed by atoms with Crippen LogP contribution in [0.2, 0.25) is 5.02 Å². The van der Waals surface area contributed by atoms with Crippen molar-refractivity contribution in [3.8, 4) is 5.75 Å². The Bertz CT molecular complexity index is 1040. The lowest BCUT2D eigenvalue weighted by molar-refractivity contribution is -0.146. The zero-order chi connectivity index (χ0) is 24.1. The van der Waals surface area contributed by atoms with E-state index in [4.69, 9.17) is 26.2 Å². The van der Waals surface area contributed by atoms with E-state index in [1.54, 1.807) is 19.1 Å². The summed E-state index contributed by atoms with van der Waals surface area (Å²) in [4.78, 5) is 28.1. The minimum atomic E-state index is -0.273. The average Bonchev–Trinajstić information content (AvgIpc) is 3.26. The van der Waals surface area contributed by atoms with Gasteiger partial charge in [-0.15, -0.1) is 0 Å². The van der Waals surface area contributed by atoms with E-state index in [0.29, 0.717) is 24.6 Å². The monoisotopic (exact) mass is 483 g/mol. The lowest BCUT2D eigenvalue weighted by atomic mass is 9.84. The molecule has 7 nitrogen and oxygen atoms in total. The van der Waals surface area contributed by atoms with Gasteiger partial charge >= 0.3 is 0 Å². The van der Waals surface area contributed by atoms with Crippen molar-refractivity contribution >= 4 is 29.1 Å². The molecule has 1 fully saturated rings. The number of carbonyl (C=O) groups is 2. The highest BCUT2D eigenvalue weighted by Gasteiger charge is 2.36. The molecule has 2 aliphatic rings. The van der Waals surface area contributed by atoms with Gasteiger partial charge in [0.1, 0.15) is 12.3 Å². The minimum absolute atomic E-state index is 0.00802. The van der Waals surface area contributed by atoms with Crippen LogP contribution in [0.3, 0.4) is 0 Å². The Kier molecular flexibility index (Phi) is 7.85. The molecule has 2 aromatic rings. The summed E-state index contributed by atoms with van der Waals surface area (Å²) in [7, 11) is 3.22. The van der Waals surface area contributed by atoms with Gasteiger partial charge < -0.3 is 14.4 Å². The smallest absolute Gasteiger partial charge is 0.262 e. The molecule has 2 aromatic carbocycles. The van der Waals surface area contributed by atoms with Crippen molar-refractivity contribution in [2.75, 3.05) is 33.9 Å². The van der Waals surface area contributed by atoms with Crippen LogP contribution in [-0.2, 0) is 14.3 Å². The highest BCUT2D eigenvalue weighted by molar-refractivity contribution is 6.30. The maximum atomic E-state index is 13.5. The third-order valence-electron chi connectivity index (χ3n) is 6.50. The molecule has 180 valence electrons. The van der Waals surface area contributed by atoms with Crippen LogP contribution in [0.25, 0.3) is 0 Å². The molecule has 1 atom stereocenters. The molecular formula is C26H30ClN3O4. The molecule has 1 unspecified atom stereocenters. The van der Waals surface area contributed by atoms with Gasteiger partial charge in [0, 0.05) is 31.0 Å². The van der Waals surface area contributed by atoms with Gasteiger partial charge in [-0.2, -0.15) is 5.10 Å². The summed E-state index contributed by atoms with van der Waals surface area (Å²) in [5.74, 6) is 0.576. The van der Waals surface area contributed by atoms with Crippen LogP contribution >= 0.6 is 11.6 Å². The average molecular weight is 484 g/mol. The van der Waals surface area contributed by atoms with Crippen molar-refractivity contribution in [1.29, 1.82) is 0 Å². The van der Waals surface area contributed by atoms with Crippen molar-refractivity contribution < 1.29 is 19.1 Å². The first-order valence-corrected chi connectivity index (χ1v) is 11.9. The van der Waals surface area contributed by atoms with E-state index in [-0.39, 0.29) is 30.3 Å². The first-order valence-electron chi connectivity index (χ1n) is 11.6. The van der Waals surface area contributed by atoms with E-state index < -0.39 is 0 Å². The van der Waals surface area contributed by atoms with E-state index in [1.807, 2.05) is 48.5 Å². The number of methoxy groups -OCH3 is 2. The Labute approximate surface area is 205 Å². The Morgan fingerprint density at radius 1 is 1.09 bits per heavy atom. The van der Waals surface area contributed by atoms with Gasteiger partial charge in [-0.25, -0.2) is 5.01 Å². The molecule has 0 saturated heterocycles. The first-order chi connectivity index (χ1) is 16.5. The number of rotatable bonds is 9. The summed E-state index contributed by atoms with van der Waals surface area (Å²) < 4.78 is 10.4. The van der Waals surface area contributed by atoms with Crippen molar-refractivity contribution in [1.82, 2.24) is 9.91 Å². The zero-order valence-corrected chi connectivity index (χ0v) is 20.3. The van der Waals surface area contributed by atoms with Crippen LogP contribution < -0.4 is 4.74 Å². The molecule has 0 N–H and O–H groups in total. The predicted molar refractivity (Wildman–Crippen MR) is 131 cm³/mol. The van der Waals surface area contributed by atoms with Crippen molar-refractivity contribution in [3.05, 3.63) is 64.7 Å². The second kappa shape index (κ2) is 11.0. The fourth-order valence-corrected chi connectivity index (χ4v) is 4.39. The van der Waals surface area contributed by atoms with Crippen LogP contribution in [0.15, 0.2) is 53.6 Å². The van der Waals surface area contributed by atoms with Gasteiger partial charge in [-0.1, -0.05) is 30.2 Å². The Morgan fingerprint density at radius 3 is 2.38 bits per heavy atom. The van der Waals surface area contributed by atoms with E-state index in [9.17, 15) is 9.59 Å². The zero-order valence-electron chi connectivity index (χ0n) is 19.6. The van der Waals surface area contributed by atoms with Gasteiger partial charge in [0.25, 0.3) is 5.91 Å². The summed E-state index contributed by atoms with van der Waals surface area (Å²) in [5, 5.41) is 6.88. The van der Waals surface area contributed by atoms with Crippen LogP contribution in [0, 0.1) is 5.92 Å². The van der Waals surface area contributed by atoms with Gasteiger partial charge in [-0.3, -0.25) is 9.59 Å².